The van der Waals surface area contributed by atoms with Crippen molar-refractivity contribution in [3.63, 3.8) is 0 Å². The number of carbonyl (C=O) groups is 1. The minimum atomic E-state index is -0.221. The van der Waals surface area contributed by atoms with E-state index in [0.29, 0.717) is 0 Å². The fourth-order valence-corrected chi connectivity index (χ4v) is 3.59. The molecule has 0 aliphatic heterocycles. The van der Waals surface area contributed by atoms with Gasteiger partial charge in [-0.1, -0.05) is 29.2 Å². The Balaban J connectivity index is 2.00. The number of amides is 1. The predicted octanol–water partition coefficient (Wildman–Crippen LogP) is 3.73. The summed E-state index contributed by atoms with van der Waals surface area (Å²) in [7, 11) is 0. The van der Waals surface area contributed by atoms with E-state index in [1.807, 2.05) is 32.0 Å². The van der Waals surface area contributed by atoms with Crippen molar-refractivity contribution < 1.29 is 4.79 Å². The second-order valence-corrected chi connectivity index (χ2v) is 7.21. The van der Waals surface area contributed by atoms with Crippen LogP contribution in [0.25, 0.3) is 0 Å². The lowest BCUT2D eigenvalue weighted by Gasteiger charge is -2.12. The van der Waals surface area contributed by atoms with E-state index in [2.05, 4.69) is 31.4 Å². The van der Waals surface area contributed by atoms with Crippen LogP contribution in [0.15, 0.2) is 32.5 Å². The molecule has 1 atom stereocenters. The second-order valence-electron chi connectivity index (χ2n) is 3.94. The van der Waals surface area contributed by atoms with Crippen molar-refractivity contribution in [2.45, 2.75) is 23.4 Å². The molecule has 0 saturated heterocycles. The molecule has 100 valence electrons. The number of carbonyl (C=O) groups excluding carboxylic acids is 1. The Hall–Kier alpha value is -0.920. The number of nitrogens with one attached hydrogen (secondary N) is 1. The number of aromatic nitrogens is 2. The van der Waals surface area contributed by atoms with E-state index in [1.54, 1.807) is 5.51 Å². The minimum absolute atomic E-state index is 0.0512. The molecule has 1 N–H and O–H groups in total. The van der Waals surface area contributed by atoms with Gasteiger partial charge in [0.1, 0.15) is 5.51 Å². The summed E-state index contributed by atoms with van der Waals surface area (Å²) in [5.74, 6) is -0.0512. The predicted molar refractivity (Wildman–Crippen MR) is 82.7 cm³/mol. The molecule has 0 radical (unpaired) electrons. The standard InChI is InChI=1S/C12H12BrN3OS2/c1-7-3-4-10(9(13)5-7)15-11(17)8(2)19-12-16-14-6-18-12/h3-6,8H,1-2H3,(H,15,17)/t8-/m0/s1. The molecule has 4 nitrogen and oxygen atoms in total. The Labute approximate surface area is 128 Å². The third-order valence-electron chi connectivity index (χ3n) is 2.37. The normalized spacial score (nSPS) is 12.2. The molecule has 7 heteroatoms. The molecule has 0 spiro atoms. The van der Waals surface area contributed by atoms with Gasteiger partial charge in [-0.3, -0.25) is 4.79 Å². The van der Waals surface area contributed by atoms with Crippen molar-refractivity contribution in [3.8, 4) is 0 Å². The first-order valence-electron chi connectivity index (χ1n) is 5.56. The largest absolute Gasteiger partial charge is 0.324 e. The Morgan fingerprint density at radius 3 is 2.95 bits per heavy atom. The molecule has 1 aromatic carbocycles. The van der Waals surface area contributed by atoms with Crippen LogP contribution >= 0.6 is 39.0 Å². The number of rotatable bonds is 4. The summed E-state index contributed by atoms with van der Waals surface area (Å²) in [6.07, 6.45) is 0. The highest BCUT2D eigenvalue weighted by molar-refractivity contribution is 9.10. The molecule has 0 saturated carbocycles. The molecule has 0 aliphatic rings. The molecule has 2 rings (SSSR count). The van der Waals surface area contributed by atoms with E-state index in [1.165, 1.54) is 23.1 Å². The number of benzene rings is 1. The lowest BCUT2D eigenvalue weighted by Crippen LogP contribution is -2.22. The van der Waals surface area contributed by atoms with Gasteiger partial charge in [-0.15, -0.1) is 10.2 Å². The van der Waals surface area contributed by atoms with Crippen LogP contribution in [-0.2, 0) is 4.79 Å². The monoisotopic (exact) mass is 357 g/mol. The lowest BCUT2D eigenvalue weighted by molar-refractivity contribution is -0.115. The van der Waals surface area contributed by atoms with E-state index in [4.69, 9.17) is 0 Å². The molecule has 1 amide bonds. The van der Waals surface area contributed by atoms with Gasteiger partial charge in [0.15, 0.2) is 4.34 Å². The Kier molecular flexibility index (Phi) is 4.95. The summed E-state index contributed by atoms with van der Waals surface area (Å²) in [4.78, 5) is 12.1. The van der Waals surface area contributed by atoms with E-state index >= 15 is 0 Å². The first-order valence-corrected chi connectivity index (χ1v) is 8.11. The summed E-state index contributed by atoms with van der Waals surface area (Å²) in [5.41, 5.74) is 3.57. The van der Waals surface area contributed by atoms with Crippen LogP contribution in [0.1, 0.15) is 12.5 Å². The van der Waals surface area contributed by atoms with Crippen LogP contribution in [0.4, 0.5) is 5.69 Å². The molecule has 1 heterocycles. The lowest BCUT2D eigenvalue weighted by atomic mass is 10.2. The number of anilines is 1. The fraction of sp³-hybridized carbons (Fsp3) is 0.250. The second kappa shape index (κ2) is 6.49. The third kappa shape index (κ3) is 4.02. The maximum Gasteiger partial charge on any atom is 0.237 e. The van der Waals surface area contributed by atoms with Gasteiger partial charge in [-0.2, -0.15) is 0 Å². The SMILES string of the molecule is Cc1ccc(NC(=O)[C@H](C)Sc2nncs2)c(Br)c1. The van der Waals surface area contributed by atoms with E-state index < -0.39 is 0 Å². The highest BCUT2D eigenvalue weighted by atomic mass is 79.9. The van der Waals surface area contributed by atoms with Gasteiger partial charge in [0.05, 0.1) is 10.9 Å². The van der Waals surface area contributed by atoms with Crippen LogP contribution in [0.2, 0.25) is 0 Å². The zero-order valence-electron chi connectivity index (χ0n) is 10.4. The maximum atomic E-state index is 12.1. The van der Waals surface area contributed by atoms with E-state index in [-0.39, 0.29) is 11.2 Å². The molecule has 0 fully saturated rings. The Morgan fingerprint density at radius 2 is 2.32 bits per heavy atom. The van der Waals surface area contributed by atoms with Gasteiger partial charge in [0, 0.05) is 4.47 Å². The summed E-state index contributed by atoms with van der Waals surface area (Å²) < 4.78 is 1.68. The molecule has 2 aromatic rings. The number of aryl methyl sites for hydroxylation is 1. The van der Waals surface area contributed by atoms with Gasteiger partial charge >= 0.3 is 0 Å². The number of hydrogen-bond donors (Lipinski definition) is 1. The highest BCUT2D eigenvalue weighted by Gasteiger charge is 2.17. The molecule has 19 heavy (non-hydrogen) atoms. The number of halogens is 1. The number of hydrogen-bond acceptors (Lipinski definition) is 5. The summed E-state index contributed by atoms with van der Waals surface area (Å²) in [6, 6.07) is 5.82. The van der Waals surface area contributed by atoms with Crippen LogP contribution in [0, 0.1) is 6.92 Å². The van der Waals surface area contributed by atoms with Gasteiger partial charge in [0.25, 0.3) is 0 Å². The molecule has 0 aliphatic carbocycles. The molecular formula is C12H12BrN3OS2. The smallest absolute Gasteiger partial charge is 0.237 e. The van der Waals surface area contributed by atoms with Crippen molar-refractivity contribution in [1.82, 2.24) is 10.2 Å². The van der Waals surface area contributed by atoms with Crippen molar-refractivity contribution in [2.75, 3.05) is 5.32 Å². The number of nitrogens with zero attached hydrogens (tertiary/aromatic N) is 2. The van der Waals surface area contributed by atoms with Crippen LogP contribution in [0.3, 0.4) is 0 Å². The zero-order valence-corrected chi connectivity index (χ0v) is 13.6. The van der Waals surface area contributed by atoms with E-state index in [0.717, 1.165) is 20.1 Å². The summed E-state index contributed by atoms with van der Waals surface area (Å²) >= 11 is 6.28. The highest BCUT2D eigenvalue weighted by Crippen LogP contribution is 2.27. The maximum absolute atomic E-state index is 12.1. The minimum Gasteiger partial charge on any atom is -0.324 e. The van der Waals surface area contributed by atoms with Crippen LogP contribution < -0.4 is 5.32 Å². The molecule has 1 aromatic heterocycles. The van der Waals surface area contributed by atoms with Gasteiger partial charge in [0.2, 0.25) is 5.91 Å². The summed E-state index contributed by atoms with van der Waals surface area (Å²) in [6.45, 7) is 3.85. The van der Waals surface area contributed by atoms with E-state index in [9.17, 15) is 4.79 Å². The van der Waals surface area contributed by atoms with Crippen molar-refractivity contribution in [1.29, 1.82) is 0 Å². The summed E-state index contributed by atoms with van der Waals surface area (Å²) in [5, 5.41) is 10.3. The van der Waals surface area contributed by atoms with Gasteiger partial charge in [-0.25, -0.2) is 0 Å². The van der Waals surface area contributed by atoms with Gasteiger partial charge < -0.3 is 5.32 Å². The van der Waals surface area contributed by atoms with Crippen molar-refractivity contribution in [2.24, 2.45) is 0 Å². The average molecular weight is 358 g/mol. The average Bonchev–Trinajstić information content (AvgIpc) is 2.85. The quantitative estimate of drug-likeness (QED) is 0.847. The molecular weight excluding hydrogens is 346 g/mol. The van der Waals surface area contributed by atoms with Crippen LogP contribution in [0.5, 0.6) is 0 Å². The third-order valence-corrected chi connectivity index (χ3v) is 4.94. The van der Waals surface area contributed by atoms with Crippen LogP contribution in [-0.4, -0.2) is 21.4 Å². The zero-order chi connectivity index (χ0) is 13.8. The van der Waals surface area contributed by atoms with Crippen molar-refractivity contribution in [3.05, 3.63) is 33.7 Å². The molecule has 0 unspecified atom stereocenters. The first kappa shape index (κ1) is 14.5. The topological polar surface area (TPSA) is 54.9 Å². The van der Waals surface area contributed by atoms with Crippen molar-refractivity contribution >= 4 is 50.6 Å². The first-order chi connectivity index (χ1) is 9.06. The number of thioether (sulfide) groups is 1. The Bertz CT molecular complexity index is 574. The van der Waals surface area contributed by atoms with Gasteiger partial charge in [-0.05, 0) is 47.5 Å². The Morgan fingerprint density at radius 1 is 1.53 bits per heavy atom. The fourth-order valence-electron chi connectivity index (χ4n) is 1.37. The molecule has 0 bridgehead atoms.